The van der Waals surface area contributed by atoms with E-state index in [9.17, 15) is 13.2 Å². The topological polar surface area (TPSA) is 81.7 Å². The van der Waals surface area contributed by atoms with Crippen molar-refractivity contribution in [1.82, 2.24) is 5.32 Å². The highest BCUT2D eigenvalue weighted by Gasteiger charge is 2.18. The third-order valence-electron chi connectivity index (χ3n) is 3.25. The fourth-order valence-electron chi connectivity index (χ4n) is 1.88. The number of rotatable bonds is 7. The molecule has 0 fully saturated rings. The number of nitrogens with one attached hydrogen (secondary N) is 1. The predicted molar refractivity (Wildman–Crippen MR) is 93.9 cm³/mol. The van der Waals surface area contributed by atoms with Crippen LogP contribution in [0.25, 0.3) is 0 Å². The van der Waals surface area contributed by atoms with Crippen molar-refractivity contribution in [1.29, 1.82) is 0 Å². The molecule has 0 heterocycles. The van der Waals surface area contributed by atoms with E-state index < -0.39 is 22.3 Å². The molecule has 7 heteroatoms. The van der Waals surface area contributed by atoms with Crippen LogP contribution in [0.4, 0.5) is 4.79 Å². The highest BCUT2D eigenvalue weighted by molar-refractivity contribution is 7.86. The summed E-state index contributed by atoms with van der Waals surface area (Å²) in [6, 6.07) is 14.1. The van der Waals surface area contributed by atoms with Crippen molar-refractivity contribution in [3.63, 3.8) is 0 Å². The van der Waals surface area contributed by atoms with Gasteiger partial charge in [0.15, 0.2) is 0 Å². The van der Waals surface area contributed by atoms with Crippen molar-refractivity contribution in [2.75, 3.05) is 6.61 Å². The Morgan fingerprint density at radius 3 is 2.40 bits per heavy atom. The van der Waals surface area contributed by atoms with Crippen LogP contribution in [0.3, 0.4) is 0 Å². The smallest absolute Gasteiger partial charge is 0.410 e. The van der Waals surface area contributed by atoms with Gasteiger partial charge in [-0.3, -0.25) is 4.18 Å². The standard InChI is InChI=1S/C18H19NO5S/c1-3-15(19-18(20)24-16-7-5-4-6-8-16)13-23-25(21,22)17-11-9-14(2)10-12-17/h3-12,15H,1,13H2,2H3,(H,19,20). The zero-order chi connectivity index (χ0) is 18.3. The van der Waals surface area contributed by atoms with Gasteiger partial charge in [-0.15, -0.1) is 6.58 Å². The van der Waals surface area contributed by atoms with Crippen molar-refractivity contribution < 1.29 is 22.1 Å². The first-order valence-corrected chi connectivity index (χ1v) is 8.93. The molecule has 2 aromatic rings. The Balaban J connectivity index is 1.92. The van der Waals surface area contributed by atoms with Crippen LogP contribution in [0.15, 0.2) is 72.1 Å². The fraction of sp³-hybridized carbons (Fsp3) is 0.167. The molecular formula is C18H19NO5S. The lowest BCUT2D eigenvalue weighted by molar-refractivity contribution is 0.192. The van der Waals surface area contributed by atoms with Gasteiger partial charge in [0, 0.05) is 0 Å². The van der Waals surface area contributed by atoms with E-state index in [1.165, 1.54) is 18.2 Å². The Morgan fingerprint density at radius 1 is 1.16 bits per heavy atom. The Kier molecular flexibility index (Phi) is 6.32. The molecule has 132 valence electrons. The summed E-state index contributed by atoms with van der Waals surface area (Å²) in [5, 5.41) is 2.48. The van der Waals surface area contributed by atoms with E-state index in [0.717, 1.165) is 5.56 Å². The largest absolute Gasteiger partial charge is 0.413 e. The summed E-state index contributed by atoms with van der Waals surface area (Å²) in [5.41, 5.74) is 0.938. The second-order valence-corrected chi connectivity index (χ2v) is 6.86. The maximum absolute atomic E-state index is 12.1. The van der Waals surface area contributed by atoms with Crippen LogP contribution < -0.4 is 10.1 Å². The van der Waals surface area contributed by atoms with Gasteiger partial charge in [0.25, 0.3) is 10.1 Å². The van der Waals surface area contributed by atoms with Crippen LogP contribution >= 0.6 is 0 Å². The molecule has 1 N–H and O–H groups in total. The van der Waals surface area contributed by atoms with Crippen molar-refractivity contribution in [3.8, 4) is 5.75 Å². The number of benzene rings is 2. The number of para-hydroxylation sites is 1. The highest BCUT2D eigenvalue weighted by Crippen LogP contribution is 2.14. The summed E-state index contributed by atoms with van der Waals surface area (Å²) < 4.78 is 34.3. The minimum absolute atomic E-state index is 0.0489. The molecule has 0 aliphatic rings. The lowest BCUT2D eigenvalue weighted by Gasteiger charge is -2.15. The molecule has 1 amide bonds. The maximum Gasteiger partial charge on any atom is 0.413 e. The van der Waals surface area contributed by atoms with Crippen molar-refractivity contribution in [3.05, 3.63) is 72.8 Å². The van der Waals surface area contributed by atoms with Gasteiger partial charge in [-0.1, -0.05) is 42.0 Å². The average molecular weight is 361 g/mol. The molecule has 0 saturated heterocycles. The molecule has 2 aromatic carbocycles. The number of hydrogen-bond acceptors (Lipinski definition) is 5. The molecule has 1 unspecified atom stereocenters. The average Bonchev–Trinajstić information content (AvgIpc) is 2.60. The second kappa shape index (κ2) is 8.46. The quantitative estimate of drug-likeness (QED) is 0.605. The molecule has 0 aromatic heterocycles. The molecule has 6 nitrogen and oxygen atoms in total. The normalized spacial score (nSPS) is 12.2. The van der Waals surface area contributed by atoms with E-state index in [1.54, 1.807) is 42.5 Å². The van der Waals surface area contributed by atoms with Crippen LogP contribution in [-0.4, -0.2) is 27.2 Å². The summed E-state index contributed by atoms with van der Waals surface area (Å²) in [7, 11) is -3.92. The third kappa shape index (κ3) is 5.74. The van der Waals surface area contributed by atoms with Crippen LogP contribution in [0, 0.1) is 6.92 Å². The summed E-state index contributed by atoms with van der Waals surface area (Å²) in [6.45, 7) is 5.13. The molecule has 0 bridgehead atoms. The zero-order valence-electron chi connectivity index (χ0n) is 13.7. The monoisotopic (exact) mass is 361 g/mol. The molecule has 0 aliphatic carbocycles. The first-order chi connectivity index (χ1) is 11.9. The summed E-state index contributed by atoms with van der Waals surface area (Å²) in [4.78, 5) is 11.9. The lowest BCUT2D eigenvalue weighted by Crippen LogP contribution is -2.39. The Hall–Kier alpha value is -2.64. The number of carbonyl (C=O) groups excluding carboxylic acids is 1. The zero-order valence-corrected chi connectivity index (χ0v) is 14.5. The van der Waals surface area contributed by atoms with Crippen molar-refractivity contribution in [2.45, 2.75) is 17.9 Å². The number of aryl methyl sites for hydroxylation is 1. The molecule has 0 radical (unpaired) electrons. The van der Waals surface area contributed by atoms with E-state index in [0.29, 0.717) is 5.75 Å². The molecule has 2 rings (SSSR count). The summed E-state index contributed by atoms with van der Waals surface area (Å²) >= 11 is 0. The first kappa shape index (κ1) is 18.7. The lowest BCUT2D eigenvalue weighted by atomic mass is 10.2. The van der Waals surface area contributed by atoms with Crippen LogP contribution in [0.2, 0.25) is 0 Å². The van der Waals surface area contributed by atoms with Gasteiger partial charge < -0.3 is 10.1 Å². The van der Waals surface area contributed by atoms with Gasteiger partial charge in [-0.25, -0.2) is 4.79 Å². The number of ether oxygens (including phenoxy) is 1. The summed E-state index contributed by atoms with van der Waals surface area (Å²) in [5.74, 6) is 0.371. The summed E-state index contributed by atoms with van der Waals surface area (Å²) in [6.07, 6.45) is 0.643. The van der Waals surface area contributed by atoms with Gasteiger partial charge in [0.05, 0.1) is 17.5 Å². The Bertz CT molecular complexity index is 816. The minimum Gasteiger partial charge on any atom is -0.410 e. The SMILES string of the molecule is C=CC(COS(=O)(=O)c1ccc(C)cc1)NC(=O)Oc1ccccc1. The molecule has 1 atom stereocenters. The first-order valence-electron chi connectivity index (χ1n) is 7.53. The third-order valence-corrected chi connectivity index (χ3v) is 4.55. The van der Waals surface area contributed by atoms with Crippen LogP contribution in [0.5, 0.6) is 5.75 Å². The predicted octanol–water partition coefficient (Wildman–Crippen LogP) is 3.04. The van der Waals surface area contributed by atoms with Gasteiger partial charge in [-0.2, -0.15) is 8.42 Å². The highest BCUT2D eigenvalue weighted by atomic mass is 32.2. The number of hydrogen-bond donors (Lipinski definition) is 1. The van der Waals surface area contributed by atoms with E-state index >= 15 is 0 Å². The van der Waals surface area contributed by atoms with Crippen molar-refractivity contribution >= 4 is 16.2 Å². The van der Waals surface area contributed by atoms with E-state index in [2.05, 4.69) is 11.9 Å². The number of amides is 1. The van der Waals surface area contributed by atoms with E-state index in [4.69, 9.17) is 8.92 Å². The molecule has 0 spiro atoms. The van der Waals surface area contributed by atoms with Gasteiger partial charge in [0.2, 0.25) is 0 Å². The van der Waals surface area contributed by atoms with Crippen LogP contribution in [-0.2, 0) is 14.3 Å². The second-order valence-electron chi connectivity index (χ2n) is 5.24. The minimum atomic E-state index is -3.92. The molecule has 0 aliphatic heterocycles. The van der Waals surface area contributed by atoms with E-state index in [1.807, 2.05) is 6.92 Å². The molecule has 25 heavy (non-hydrogen) atoms. The number of carbonyl (C=O) groups is 1. The van der Waals surface area contributed by atoms with E-state index in [-0.39, 0.29) is 11.5 Å². The van der Waals surface area contributed by atoms with Gasteiger partial charge in [-0.05, 0) is 31.2 Å². The van der Waals surface area contributed by atoms with Gasteiger partial charge in [0.1, 0.15) is 5.75 Å². The molecular weight excluding hydrogens is 342 g/mol. The molecule has 0 saturated carbocycles. The van der Waals surface area contributed by atoms with Crippen molar-refractivity contribution in [2.24, 2.45) is 0 Å². The Morgan fingerprint density at radius 2 is 1.80 bits per heavy atom. The van der Waals surface area contributed by atoms with Crippen LogP contribution in [0.1, 0.15) is 5.56 Å². The van der Waals surface area contributed by atoms with Gasteiger partial charge >= 0.3 is 6.09 Å². The maximum atomic E-state index is 12.1. The Labute approximate surface area is 147 Å². The fourth-order valence-corrected chi connectivity index (χ4v) is 2.81.